The van der Waals surface area contributed by atoms with Gasteiger partial charge in [-0.15, -0.1) is 0 Å². The molecular weight excluding hydrogens is 711 g/mol. The number of aromatic nitrogens is 1. The number of hydrogen-bond donors (Lipinski definition) is 2. The van der Waals surface area contributed by atoms with Gasteiger partial charge in [0.15, 0.2) is 11.5 Å². The van der Waals surface area contributed by atoms with E-state index in [9.17, 15) is 19.8 Å². The molecule has 8 rings (SSSR count). The lowest BCUT2D eigenvalue weighted by molar-refractivity contribution is -0.137. The van der Waals surface area contributed by atoms with E-state index < -0.39 is 0 Å². The van der Waals surface area contributed by atoms with Gasteiger partial charge in [-0.05, 0) is 81.0 Å². The van der Waals surface area contributed by atoms with E-state index in [0.29, 0.717) is 22.3 Å². The number of anilines is 1. The molecule has 0 unspecified atom stereocenters. The Kier molecular flexibility index (Phi) is 12.6. The largest absolute Gasteiger partial charge is 0.504 e. The molecule has 9 heteroatoms. The maximum Gasteiger partial charge on any atom is 0.242 e. The molecule has 0 atom stereocenters. The van der Waals surface area contributed by atoms with Gasteiger partial charge in [0.1, 0.15) is 5.52 Å². The molecule has 2 amide bonds. The van der Waals surface area contributed by atoms with Gasteiger partial charge in [0.05, 0.1) is 36.4 Å². The molecule has 4 aliphatic rings. The Morgan fingerprint density at radius 1 is 0.561 bits per heavy atom. The first kappa shape index (κ1) is 39.2. The molecule has 4 fully saturated rings. The Balaban J connectivity index is 1.14. The van der Waals surface area contributed by atoms with Crippen molar-refractivity contribution in [2.24, 2.45) is 4.99 Å². The SMILES string of the molecule is O=C(CN(CC(=O)N(C1CCCCC1)C1CCCCC1)c1ccccc1N=Cc1ccc2c(n1)c(O)c(O)c1ccccc12)N(C1CCCCC1)C1CCCCC1. The average Bonchev–Trinajstić information content (AvgIpc) is 3.26. The molecule has 3 aromatic carbocycles. The van der Waals surface area contributed by atoms with Crippen LogP contribution in [0.5, 0.6) is 11.5 Å². The lowest BCUT2D eigenvalue weighted by atomic mass is 9.88. The number of nitrogens with zero attached hydrogens (tertiary/aromatic N) is 5. The van der Waals surface area contributed by atoms with Crippen molar-refractivity contribution < 1.29 is 19.8 Å². The number of fused-ring (bicyclic) bond motifs is 3. The van der Waals surface area contributed by atoms with Gasteiger partial charge < -0.3 is 24.9 Å². The zero-order chi connectivity index (χ0) is 39.1. The topological polar surface area (TPSA) is 110 Å². The number of aliphatic imine (C=N–C) groups is 1. The van der Waals surface area contributed by atoms with Crippen LogP contribution in [0.2, 0.25) is 0 Å². The second kappa shape index (κ2) is 18.3. The summed E-state index contributed by atoms with van der Waals surface area (Å²) < 4.78 is 0. The quantitative estimate of drug-likeness (QED) is 0.0893. The first-order valence-electron chi connectivity index (χ1n) is 22.2. The monoisotopic (exact) mass is 771 g/mol. The van der Waals surface area contributed by atoms with Gasteiger partial charge in [-0.1, -0.05) is 113 Å². The number of pyridine rings is 1. The minimum absolute atomic E-state index is 0.126. The van der Waals surface area contributed by atoms with Crippen LogP contribution in [0, 0.1) is 0 Å². The Morgan fingerprint density at radius 3 is 1.53 bits per heavy atom. The van der Waals surface area contributed by atoms with Crippen molar-refractivity contribution in [1.29, 1.82) is 0 Å². The number of carbonyl (C=O) groups excluding carboxylic acids is 2. The van der Waals surface area contributed by atoms with Crippen LogP contribution in [0.25, 0.3) is 21.7 Å². The van der Waals surface area contributed by atoms with Crippen LogP contribution in [-0.4, -0.2) is 80.3 Å². The van der Waals surface area contributed by atoms with Crippen LogP contribution in [-0.2, 0) is 9.59 Å². The number of phenolic OH excluding ortho intramolecular Hbond substituents is 2. The summed E-state index contributed by atoms with van der Waals surface area (Å²) in [5.41, 5.74) is 2.22. The van der Waals surface area contributed by atoms with Crippen molar-refractivity contribution in [3.63, 3.8) is 0 Å². The molecule has 4 saturated carbocycles. The fraction of sp³-hybridized carbons (Fsp3) is 0.542. The van der Waals surface area contributed by atoms with Gasteiger partial charge in [0.2, 0.25) is 11.8 Å². The average molecular weight is 772 g/mol. The molecule has 2 N–H and O–H groups in total. The fourth-order valence-corrected chi connectivity index (χ4v) is 10.6. The van der Waals surface area contributed by atoms with E-state index in [1.165, 1.54) is 25.7 Å². The van der Waals surface area contributed by atoms with E-state index in [0.717, 1.165) is 119 Å². The number of aromatic hydroxyl groups is 2. The van der Waals surface area contributed by atoms with Crippen LogP contribution >= 0.6 is 0 Å². The van der Waals surface area contributed by atoms with Crippen molar-refractivity contribution in [2.75, 3.05) is 18.0 Å². The Labute approximate surface area is 338 Å². The zero-order valence-electron chi connectivity index (χ0n) is 33.7. The molecule has 0 spiro atoms. The summed E-state index contributed by atoms with van der Waals surface area (Å²) in [6.07, 6.45) is 24.3. The number of rotatable bonds is 11. The molecule has 0 radical (unpaired) electrons. The maximum absolute atomic E-state index is 14.9. The first-order valence-corrected chi connectivity index (χ1v) is 22.2. The van der Waals surface area contributed by atoms with Gasteiger partial charge in [0.25, 0.3) is 0 Å². The minimum atomic E-state index is -0.261. The minimum Gasteiger partial charge on any atom is -0.504 e. The summed E-state index contributed by atoms with van der Waals surface area (Å²) in [6, 6.07) is 20.1. The molecule has 1 aromatic heterocycles. The number of phenols is 2. The summed E-state index contributed by atoms with van der Waals surface area (Å²) in [6.45, 7) is 0.256. The van der Waals surface area contributed by atoms with Gasteiger partial charge >= 0.3 is 0 Å². The van der Waals surface area contributed by atoms with Gasteiger partial charge in [-0.3, -0.25) is 14.6 Å². The van der Waals surface area contributed by atoms with Crippen LogP contribution < -0.4 is 4.90 Å². The Bertz CT molecular complexity index is 1950. The highest BCUT2D eigenvalue weighted by molar-refractivity contribution is 6.12. The second-order valence-corrected chi connectivity index (χ2v) is 17.2. The standard InChI is InChI=1S/C48H61N5O4/c54-44(52(35-17-5-1-6-18-35)36-19-7-2-8-20-36)32-51(33-45(55)53(37-21-9-3-10-22-37)38-23-11-4-12-24-38)43-28-16-15-27-42(43)49-31-34-29-30-40-39-25-13-14-26-41(39)47(56)48(57)46(40)50-34/h13-16,25-31,35-38,56-57H,1-12,17-24,32-33H2. The molecule has 0 aliphatic heterocycles. The third-order valence-corrected chi connectivity index (χ3v) is 13.5. The zero-order valence-corrected chi connectivity index (χ0v) is 33.7. The number of para-hydroxylation sites is 2. The summed E-state index contributed by atoms with van der Waals surface area (Å²) in [4.78, 5) is 46.1. The van der Waals surface area contributed by atoms with Crippen LogP contribution in [0.3, 0.4) is 0 Å². The van der Waals surface area contributed by atoms with E-state index in [1.54, 1.807) is 12.3 Å². The highest BCUT2D eigenvalue weighted by Gasteiger charge is 2.36. The van der Waals surface area contributed by atoms with Crippen LogP contribution in [0.4, 0.5) is 11.4 Å². The van der Waals surface area contributed by atoms with Gasteiger partial charge in [-0.25, -0.2) is 4.98 Å². The molecule has 1 heterocycles. The molecule has 0 saturated heterocycles. The van der Waals surface area contributed by atoms with Gasteiger partial charge in [-0.2, -0.15) is 0 Å². The van der Waals surface area contributed by atoms with Crippen molar-refractivity contribution >= 4 is 51.1 Å². The Hall–Kier alpha value is -4.66. The highest BCUT2D eigenvalue weighted by Crippen LogP contribution is 2.41. The van der Waals surface area contributed by atoms with E-state index in [-0.39, 0.29) is 60.6 Å². The fourth-order valence-electron chi connectivity index (χ4n) is 10.6. The van der Waals surface area contributed by atoms with Crippen LogP contribution in [0.15, 0.2) is 65.7 Å². The van der Waals surface area contributed by atoms with E-state index in [2.05, 4.69) is 9.80 Å². The Morgan fingerprint density at radius 2 is 1.02 bits per heavy atom. The number of carbonyl (C=O) groups is 2. The van der Waals surface area contributed by atoms with E-state index >= 15 is 0 Å². The van der Waals surface area contributed by atoms with Crippen molar-refractivity contribution in [3.8, 4) is 11.5 Å². The van der Waals surface area contributed by atoms with E-state index in [4.69, 9.17) is 9.98 Å². The van der Waals surface area contributed by atoms with Gasteiger partial charge in [0, 0.05) is 34.9 Å². The molecule has 302 valence electrons. The van der Waals surface area contributed by atoms with Crippen molar-refractivity contribution in [3.05, 3.63) is 66.4 Å². The van der Waals surface area contributed by atoms with Crippen molar-refractivity contribution in [2.45, 2.75) is 153 Å². The van der Waals surface area contributed by atoms with Crippen molar-refractivity contribution in [1.82, 2.24) is 14.8 Å². The summed E-state index contributed by atoms with van der Waals surface area (Å²) in [5, 5.41) is 23.9. The number of amides is 2. The molecule has 9 nitrogen and oxygen atoms in total. The van der Waals surface area contributed by atoms with E-state index in [1.807, 2.05) is 59.5 Å². The first-order chi connectivity index (χ1) is 28.0. The predicted octanol–water partition coefficient (Wildman–Crippen LogP) is 10.3. The third kappa shape index (κ3) is 8.78. The summed E-state index contributed by atoms with van der Waals surface area (Å²) in [7, 11) is 0. The summed E-state index contributed by atoms with van der Waals surface area (Å²) in [5.74, 6) is -0.202. The molecular formula is C48H61N5O4. The second-order valence-electron chi connectivity index (χ2n) is 17.2. The predicted molar refractivity (Wildman–Crippen MR) is 230 cm³/mol. The number of benzene rings is 3. The lowest BCUT2D eigenvalue weighted by Crippen LogP contribution is -2.55. The maximum atomic E-state index is 14.9. The summed E-state index contributed by atoms with van der Waals surface area (Å²) >= 11 is 0. The third-order valence-electron chi connectivity index (χ3n) is 13.5. The number of hydrogen-bond acceptors (Lipinski definition) is 7. The molecule has 0 bridgehead atoms. The molecule has 4 aromatic rings. The van der Waals surface area contributed by atoms with Crippen LogP contribution in [0.1, 0.15) is 134 Å². The molecule has 4 aliphatic carbocycles. The lowest BCUT2D eigenvalue weighted by Gasteiger charge is -2.44. The highest BCUT2D eigenvalue weighted by atomic mass is 16.3. The molecule has 57 heavy (non-hydrogen) atoms. The normalized spacial score (nSPS) is 19.3. The smallest absolute Gasteiger partial charge is 0.242 e.